The molecule has 1 aromatic rings. The minimum absolute atomic E-state index is 0.209. The summed E-state index contributed by atoms with van der Waals surface area (Å²) < 4.78 is 12.7. The fourth-order valence-electron chi connectivity index (χ4n) is 1.30. The zero-order chi connectivity index (χ0) is 8.55. The van der Waals surface area contributed by atoms with Crippen LogP contribution in [0.2, 0.25) is 5.02 Å². The van der Waals surface area contributed by atoms with Gasteiger partial charge in [0.15, 0.2) is 0 Å². The lowest BCUT2D eigenvalue weighted by Crippen LogP contribution is -2.34. The molecule has 0 saturated carbocycles. The standard InChI is InChI=1S/C9H9ClFN/c10-7-5-6(1-2-8(7)11)9-3-4-12-9/h1-2,5,9,12H,3-4H2/t9-/m0/s1. The van der Waals surface area contributed by atoms with E-state index in [1.54, 1.807) is 12.1 Å². The highest BCUT2D eigenvalue weighted by Crippen LogP contribution is 2.26. The Bertz CT molecular complexity index is 297. The van der Waals surface area contributed by atoms with Crippen LogP contribution in [0, 0.1) is 5.82 Å². The van der Waals surface area contributed by atoms with Gasteiger partial charge in [-0.1, -0.05) is 17.7 Å². The number of hydrogen-bond donors (Lipinski definition) is 1. The van der Waals surface area contributed by atoms with Crippen LogP contribution in [0.1, 0.15) is 18.0 Å². The molecule has 1 aromatic carbocycles. The van der Waals surface area contributed by atoms with E-state index in [9.17, 15) is 4.39 Å². The fraction of sp³-hybridized carbons (Fsp3) is 0.333. The van der Waals surface area contributed by atoms with Crippen LogP contribution in [-0.2, 0) is 0 Å². The Morgan fingerprint density at radius 2 is 2.25 bits per heavy atom. The number of nitrogens with one attached hydrogen (secondary N) is 1. The fourth-order valence-corrected chi connectivity index (χ4v) is 1.49. The van der Waals surface area contributed by atoms with E-state index in [0.29, 0.717) is 6.04 Å². The van der Waals surface area contributed by atoms with Crippen molar-refractivity contribution in [1.82, 2.24) is 5.32 Å². The molecule has 1 aliphatic heterocycles. The maximum atomic E-state index is 12.7. The van der Waals surface area contributed by atoms with Gasteiger partial charge < -0.3 is 5.32 Å². The van der Waals surface area contributed by atoms with Gasteiger partial charge in [-0.05, 0) is 30.7 Å². The molecule has 12 heavy (non-hydrogen) atoms. The van der Waals surface area contributed by atoms with E-state index in [1.165, 1.54) is 6.07 Å². The second-order valence-corrected chi connectivity index (χ2v) is 3.38. The van der Waals surface area contributed by atoms with Gasteiger partial charge in [-0.2, -0.15) is 0 Å². The van der Waals surface area contributed by atoms with Crippen molar-refractivity contribution in [2.24, 2.45) is 0 Å². The SMILES string of the molecule is Fc1ccc([C@@H]2CCN2)cc1Cl. The van der Waals surface area contributed by atoms with Gasteiger partial charge in [0.25, 0.3) is 0 Å². The van der Waals surface area contributed by atoms with Crippen LogP contribution in [0.4, 0.5) is 4.39 Å². The smallest absolute Gasteiger partial charge is 0.141 e. The van der Waals surface area contributed by atoms with Crippen molar-refractivity contribution in [2.75, 3.05) is 6.54 Å². The highest BCUT2D eigenvalue weighted by molar-refractivity contribution is 6.30. The lowest BCUT2D eigenvalue weighted by atomic mass is 9.98. The molecule has 0 amide bonds. The first kappa shape index (κ1) is 8.02. The quantitative estimate of drug-likeness (QED) is 0.709. The molecule has 64 valence electrons. The Hall–Kier alpha value is -0.600. The summed E-state index contributed by atoms with van der Waals surface area (Å²) in [5, 5.41) is 3.44. The van der Waals surface area contributed by atoms with Gasteiger partial charge in [-0.25, -0.2) is 4.39 Å². The average Bonchev–Trinajstić information content (AvgIpc) is 1.93. The minimum Gasteiger partial charge on any atom is -0.310 e. The molecular formula is C9H9ClFN. The highest BCUT2D eigenvalue weighted by atomic mass is 35.5. The van der Waals surface area contributed by atoms with Gasteiger partial charge in [0, 0.05) is 6.04 Å². The number of halogens is 2. The Balaban J connectivity index is 2.27. The lowest BCUT2D eigenvalue weighted by Gasteiger charge is -2.28. The first-order valence-corrected chi connectivity index (χ1v) is 4.33. The molecule has 1 atom stereocenters. The molecule has 1 fully saturated rings. The summed E-state index contributed by atoms with van der Waals surface area (Å²) in [6.45, 7) is 1.04. The molecule has 0 radical (unpaired) electrons. The van der Waals surface area contributed by atoms with Crippen LogP contribution < -0.4 is 5.32 Å². The Morgan fingerprint density at radius 1 is 1.50 bits per heavy atom. The summed E-state index contributed by atoms with van der Waals surface area (Å²) in [5.74, 6) is -0.347. The second-order valence-electron chi connectivity index (χ2n) is 2.97. The maximum Gasteiger partial charge on any atom is 0.141 e. The molecular weight excluding hydrogens is 177 g/mol. The monoisotopic (exact) mass is 185 g/mol. The number of hydrogen-bond acceptors (Lipinski definition) is 1. The van der Waals surface area contributed by atoms with Crippen molar-refractivity contribution in [3.8, 4) is 0 Å². The van der Waals surface area contributed by atoms with Gasteiger partial charge in [0.2, 0.25) is 0 Å². The molecule has 3 heteroatoms. The van der Waals surface area contributed by atoms with Crippen molar-refractivity contribution in [3.05, 3.63) is 34.6 Å². The van der Waals surface area contributed by atoms with Crippen LogP contribution in [0.3, 0.4) is 0 Å². The van der Waals surface area contributed by atoms with Crippen molar-refractivity contribution < 1.29 is 4.39 Å². The minimum atomic E-state index is -0.347. The molecule has 1 aliphatic rings. The predicted molar refractivity (Wildman–Crippen MR) is 46.8 cm³/mol. The summed E-state index contributed by atoms with van der Waals surface area (Å²) in [6.07, 6.45) is 1.11. The second kappa shape index (κ2) is 3.04. The lowest BCUT2D eigenvalue weighted by molar-refractivity contribution is 0.383. The third-order valence-electron chi connectivity index (χ3n) is 2.17. The molecule has 1 saturated heterocycles. The van der Waals surface area contributed by atoms with Crippen LogP contribution in [-0.4, -0.2) is 6.54 Å². The van der Waals surface area contributed by atoms with Gasteiger partial charge >= 0.3 is 0 Å². The largest absolute Gasteiger partial charge is 0.310 e. The number of rotatable bonds is 1. The van der Waals surface area contributed by atoms with E-state index in [2.05, 4.69) is 5.32 Å². The Labute approximate surface area is 75.5 Å². The molecule has 1 nitrogen and oxygen atoms in total. The molecule has 0 aromatic heterocycles. The maximum absolute atomic E-state index is 12.7. The summed E-state index contributed by atoms with van der Waals surface area (Å²) in [5.41, 5.74) is 1.08. The first-order valence-electron chi connectivity index (χ1n) is 3.96. The normalized spacial score (nSPS) is 22.0. The highest BCUT2D eigenvalue weighted by Gasteiger charge is 2.18. The summed E-state index contributed by atoms with van der Waals surface area (Å²) in [6, 6.07) is 5.26. The Kier molecular flexibility index (Phi) is 2.03. The molecule has 1 N–H and O–H groups in total. The number of benzene rings is 1. The topological polar surface area (TPSA) is 12.0 Å². The van der Waals surface area contributed by atoms with E-state index in [4.69, 9.17) is 11.6 Å². The van der Waals surface area contributed by atoms with Crippen molar-refractivity contribution in [3.63, 3.8) is 0 Å². The van der Waals surface area contributed by atoms with E-state index < -0.39 is 0 Å². The average molecular weight is 186 g/mol. The molecule has 0 unspecified atom stereocenters. The molecule has 0 spiro atoms. The van der Waals surface area contributed by atoms with Gasteiger partial charge in [0.1, 0.15) is 5.82 Å². The zero-order valence-corrected chi connectivity index (χ0v) is 7.24. The van der Waals surface area contributed by atoms with Crippen molar-refractivity contribution >= 4 is 11.6 Å². The Morgan fingerprint density at radius 3 is 2.75 bits per heavy atom. The summed E-state index contributed by atoms with van der Waals surface area (Å²) >= 11 is 5.64. The van der Waals surface area contributed by atoms with E-state index in [0.717, 1.165) is 18.5 Å². The zero-order valence-electron chi connectivity index (χ0n) is 6.48. The third-order valence-corrected chi connectivity index (χ3v) is 2.46. The molecule has 1 heterocycles. The van der Waals surface area contributed by atoms with Crippen molar-refractivity contribution in [1.29, 1.82) is 0 Å². The van der Waals surface area contributed by atoms with Crippen LogP contribution in [0.25, 0.3) is 0 Å². The van der Waals surface area contributed by atoms with E-state index in [-0.39, 0.29) is 10.8 Å². The first-order chi connectivity index (χ1) is 5.77. The molecule has 0 aliphatic carbocycles. The molecule has 2 rings (SSSR count). The van der Waals surface area contributed by atoms with E-state index >= 15 is 0 Å². The third kappa shape index (κ3) is 1.32. The summed E-state index contributed by atoms with van der Waals surface area (Å²) in [4.78, 5) is 0. The van der Waals surface area contributed by atoms with Gasteiger partial charge in [0.05, 0.1) is 5.02 Å². The summed E-state index contributed by atoms with van der Waals surface area (Å²) in [7, 11) is 0. The van der Waals surface area contributed by atoms with E-state index in [1.807, 2.05) is 0 Å². The van der Waals surface area contributed by atoms with Gasteiger partial charge in [-0.15, -0.1) is 0 Å². The van der Waals surface area contributed by atoms with Gasteiger partial charge in [-0.3, -0.25) is 0 Å². The van der Waals surface area contributed by atoms with Crippen LogP contribution in [0.15, 0.2) is 18.2 Å². The van der Waals surface area contributed by atoms with Crippen LogP contribution >= 0.6 is 11.6 Å². The predicted octanol–water partition coefficient (Wildman–Crippen LogP) is 2.51. The molecule has 0 bridgehead atoms. The van der Waals surface area contributed by atoms with Crippen LogP contribution in [0.5, 0.6) is 0 Å². The van der Waals surface area contributed by atoms with Crippen molar-refractivity contribution in [2.45, 2.75) is 12.5 Å².